The van der Waals surface area contributed by atoms with E-state index >= 15 is 0 Å². The number of carbonyl (C=O) groups is 4. The number of para-hydroxylation sites is 2. The molecule has 0 unspecified atom stereocenters. The van der Waals surface area contributed by atoms with Gasteiger partial charge in [-0.05, 0) is 61.0 Å². The van der Waals surface area contributed by atoms with Crippen molar-refractivity contribution >= 4 is 61.4 Å². The van der Waals surface area contributed by atoms with E-state index in [2.05, 4.69) is 4.98 Å². The van der Waals surface area contributed by atoms with Gasteiger partial charge in [0.25, 0.3) is 21.8 Å². The van der Waals surface area contributed by atoms with Gasteiger partial charge < -0.3 is 9.57 Å². The zero-order valence-electron chi connectivity index (χ0n) is 23.9. The summed E-state index contributed by atoms with van der Waals surface area (Å²) in [6.07, 6.45) is -1.57. The minimum absolute atomic E-state index is 0.0344. The number of aryl methyl sites for hydroxylation is 1. The van der Waals surface area contributed by atoms with Crippen molar-refractivity contribution in [3.05, 3.63) is 108 Å². The number of pyridine rings is 1. The Balaban J connectivity index is 1.35. The van der Waals surface area contributed by atoms with Crippen LogP contribution in [0.5, 0.6) is 5.75 Å². The molecule has 1 aliphatic rings. The van der Waals surface area contributed by atoms with Gasteiger partial charge in [0.15, 0.2) is 5.75 Å². The number of hydrogen-bond donors (Lipinski definition) is 0. The first-order chi connectivity index (χ1) is 21.6. The molecule has 0 saturated carbocycles. The van der Waals surface area contributed by atoms with E-state index in [1.807, 2.05) is 0 Å². The van der Waals surface area contributed by atoms with Crippen molar-refractivity contribution in [1.82, 2.24) is 10.0 Å². The van der Waals surface area contributed by atoms with E-state index in [1.165, 1.54) is 36.4 Å². The van der Waals surface area contributed by atoms with Crippen LogP contribution in [0.15, 0.2) is 102 Å². The molecule has 2 heterocycles. The third-order valence-electron chi connectivity index (χ3n) is 7.17. The van der Waals surface area contributed by atoms with Crippen LogP contribution in [0.4, 0.5) is 10.5 Å². The molecule has 5 aromatic rings. The van der Waals surface area contributed by atoms with Crippen molar-refractivity contribution < 1.29 is 37.2 Å². The van der Waals surface area contributed by atoms with Crippen LogP contribution in [0.25, 0.3) is 21.8 Å². The summed E-state index contributed by atoms with van der Waals surface area (Å²) >= 11 is 0. The van der Waals surface area contributed by atoms with Crippen LogP contribution in [0, 0.1) is 6.92 Å². The molecule has 0 spiro atoms. The molecule has 0 bridgehead atoms. The summed E-state index contributed by atoms with van der Waals surface area (Å²) in [5.41, 5.74) is 2.27. The first-order valence-corrected chi connectivity index (χ1v) is 15.3. The number of hydroxylamine groups is 2. The van der Waals surface area contributed by atoms with E-state index in [0.29, 0.717) is 36.7 Å². The third-order valence-corrected chi connectivity index (χ3v) is 8.88. The lowest BCUT2D eigenvalue weighted by Gasteiger charge is -2.23. The molecular weight excluding hydrogens is 598 g/mol. The largest absolute Gasteiger partial charge is 0.434 e. The molecule has 1 aromatic heterocycles. The van der Waals surface area contributed by atoms with Crippen LogP contribution < -0.4 is 9.04 Å². The maximum atomic E-state index is 14.0. The van der Waals surface area contributed by atoms with Crippen molar-refractivity contribution in [2.45, 2.75) is 31.1 Å². The molecule has 0 N–H and O–H groups in total. The summed E-state index contributed by atoms with van der Waals surface area (Å²) < 4.78 is 34.4. The summed E-state index contributed by atoms with van der Waals surface area (Å²) in [6.45, 7) is 1.81. The minimum atomic E-state index is -4.49. The van der Waals surface area contributed by atoms with Gasteiger partial charge in [0, 0.05) is 23.6 Å². The molecule has 0 radical (unpaired) electrons. The molecule has 6 rings (SSSR count). The minimum Gasteiger partial charge on any atom is -0.408 e. The Morgan fingerprint density at radius 1 is 0.800 bits per heavy atom. The van der Waals surface area contributed by atoms with Gasteiger partial charge in [0.05, 0.1) is 28.0 Å². The van der Waals surface area contributed by atoms with E-state index in [0.717, 1.165) is 5.56 Å². The second-order valence-corrected chi connectivity index (χ2v) is 12.1. The van der Waals surface area contributed by atoms with E-state index in [-0.39, 0.29) is 35.6 Å². The number of imide groups is 1. The number of amides is 3. The van der Waals surface area contributed by atoms with E-state index < -0.39 is 33.9 Å². The molecule has 226 valence electrons. The summed E-state index contributed by atoms with van der Waals surface area (Å²) in [7, 11) is -4.49. The Bertz CT molecular complexity index is 2030. The summed E-state index contributed by atoms with van der Waals surface area (Å²) in [6, 6.07) is 25.7. The quantitative estimate of drug-likeness (QED) is 0.176. The standard InChI is InChI=1S/C33H25N3O8S/c1-21-10-16-24(17-11-21)45(41,42)36(23-14-12-22(13-15-23)20-31(39)44-35-29(37)18-19-30(35)38)33(40)43-32-25-6-2-4-8-27(25)34-28-9-5-3-7-26(28)32/h2-17H,18-20H2,1H3. The monoisotopic (exact) mass is 623 g/mol. The van der Waals surface area contributed by atoms with Gasteiger partial charge >= 0.3 is 12.1 Å². The number of anilines is 1. The summed E-state index contributed by atoms with van der Waals surface area (Å²) in [4.78, 5) is 59.4. The van der Waals surface area contributed by atoms with Crippen molar-refractivity contribution in [1.29, 1.82) is 0 Å². The van der Waals surface area contributed by atoms with Crippen LogP contribution in [0.3, 0.4) is 0 Å². The summed E-state index contributed by atoms with van der Waals surface area (Å²) in [5, 5.41) is 1.48. The fraction of sp³-hybridized carbons (Fsp3) is 0.121. The number of hydrogen-bond acceptors (Lipinski definition) is 9. The van der Waals surface area contributed by atoms with Crippen molar-refractivity contribution in [2.24, 2.45) is 0 Å². The van der Waals surface area contributed by atoms with Crippen LogP contribution >= 0.6 is 0 Å². The van der Waals surface area contributed by atoms with E-state index in [1.54, 1.807) is 67.6 Å². The Kier molecular flexibility index (Phi) is 7.73. The van der Waals surface area contributed by atoms with Gasteiger partial charge in [-0.15, -0.1) is 5.06 Å². The normalized spacial score (nSPS) is 13.3. The van der Waals surface area contributed by atoms with E-state index in [9.17, 15) is 27.6 Å². The average molecular weight is 624 g/mol. The molecule has 3 amide bonds. The molecule has 45 heavy (non-hydrogen) atoms. The Morgan fingerprint density at radius 3 is 1.93 bits per heavy atom. The maximum absolute atomic E-state index is 14.0. The van der Waals surface area contributed by atoms with Crippen LogP contribution in [0.1, 0.15) is 24.0 Å². The number of aromatic nitrogens is 1. The maximum Gasteiger partial charge on any atom is 0.434 e. The highest BCUT2D eigenvalue weighted by Crippen LogP contribution is 2.34. The molecule has 1 saturated heterocycles. The lowest BCUT2D eigenvalue weighted by atomic mass is 10.1. The SMILES string of the molecule is Cc1ccc(S(=O)(=O)N(C(=O)Oc2c3ccccc3nc3ccccc23)c2ccc(CC(=O)ON3C(=O)CCC3=O)cc2)cc1. The topological polar surface area (TPSA) is 140 Å². The second-order valence-electron chi connectivity index (χ2n) is 10.3. The van der Waals surface area contributed by atoms with Crippen LogP contribution in [-0.2, 0) is 35.7 Å². The number of fused-ring (bicyclic) bond motifs is 2. The highest BCUT2D eigenvalue weighted by Gasteiger charge is 2.35. The lowest BCUT2D eigenvalue weighted by Crippen LogP contribution is -2.39. The third kappa shape index (κ3) is 5.83. The Labute approximate surface area is 257 Å². The number of sulfonamides is 1. The van der Waals surface area contributed by atoms with Gasteiger partial charge in [-0.2, -0.15) is 4.31 Å². The van der Waals surface area contributed by atoms with Gasteiger partial charge in [-0.1, -0.05) is 54.1 Å². The zero-order valence-corrected chi connectivity index (χ0v) is 24.7. The zero-order chi connectivity index (χ0) is 31.7. The van der Waals surface area contributed by atoms with Crippen molar-refractivity contribution in [3.8, 4) is 5.75 Å². The first-order valence-electron chi connectivity index (χ1n) is 13.9. The van der Waals surface area contributed by atoms with Gasteiger partial charge in [-0.3, -0.25) is 9.59 Å². The predicted molar refractivity (Wildman–Crippen MR) is 163 cm³/mol. The Hall–Kier alpha value is -5.62. The summed E-state index contributed by atoms with van der Waals surface area (Å²) in [5.74, 6) is -1.91. The molecule has 12 heteroatoms. The highest BCUT2D eigenvalue weighted by atomic mass is 32.2. The molecule has 1 fully saturated rings. The number of rotatable bonds is 7. The number of benzene rings is 4. The molecule has 0 aliphatic carbocycles. The van der Waals surface area contributed by atoms with E-state index in [4.69, 9.17) is 9.57 Å². The molecule has 0 atom stereocenters. The smallest absolute Gasteiger partial charge is 0.408 e. The first kappa shape index (κ1) is 29.5. The number of carbonyl (C=O) groups excluding carboxylic acids is 4. The molecule has 4 aromatic carbocycles. The molecular formula is C33H25N3O8S. The van der Waals surface area contributed by atoms with Crippen molar-refractivity contribution in [2.75, 3.05) is 4.31 Å². The van der Waals surface area contributed by atoms with Gasteiger partial charge in [0.1, 0.15) is 0 Å². The lowest BCUT2D eigenvalue weighted by molar-refractivity contribution is -0.197. The van der Waals surface area contributed by atoms with Gasteiger partial charge in [0.2, 0.25) is 0 Å². The van der Waals surface area contributed by atoms with Crippen LogP contribution in [-0.4, -0.2) is 42.3 Å². The highest BCUT2D eigenvalue weighted by molar-refractivity contribution is 7.93. The fourth-order valence-corrected chi connectivity index (χ4v) is 6.23. The predicted octanol–water partition coefficient (Wildman–Crippen LogP) is 5.24. The number of nitrogens with zero attached hydrogens (tertiary/aromatic N) is 3. The van der Waals surface area contributed by atoms with Crippen molar-refractivity contribution in [3.63, 3.8) is 0 Å². The van der Waals surface area contributed by atoms with Crippen LogP contribution in [0.2, 0.25) is 0 Å². The average Bonchev–Trinajstić information content (AvgIpc) is 3.34. The molecule has 1 aliphatic heterocycles. The Morgan fingerprint density at radius 2 is 1.36 bits per heavy atom. The molecule has 11 nitrogen and oxygen atoms in total. The fourth-order valence-electron chi connectivity index (χ4n) is 4.91. The number of ether oxygens (including phenoxy) is 1. The van der Waals surface area contributed by atoms with Gasteiger partial charge in [-0.25, -0.2) is 23.0 Å². The second kappa shape index (κ2) is 11.8.